The van der Waals surface area contributed by atoms with Crippen LogP contribution in [0.5, 0.6) is 0 Å². The third kappa shape index (κ3) is 2.61. The number of benzene rings is 1. The molecule has 0 amide bonds. The lowest BCUT2D eigenvalue weighted by Crippen LogP contribution is -2.06. The van der Waals surface area contributed by atoms with Gasteiger partial charge < -0.3 is 9.88 Å². The minimum absolute atomic E-state index is 0.522. The lowest BCUT2D eigenvalue weighted by Gasteiger charge is -2.09. The number of rotatable bonds is 3. The molecule has 0 aliphatic carbocycles. The summed E-state index contributed by atoms with van der Waals surface area (Å²) >= 11 is 5.95. The second kappa shape index (κ2) is 5.65. The number of aryl methyl sites for hydroxylation is 2. The lowest BCUT2D eigenvalue weighted by molar-refractivity contribution is 0.798. The number of aromatic nitrogens is 5. The first kappa shape index (κ1) is 14.7. The van der Waals surface area contributed by atoms with Gasteiger partial charge >= 0.3 is 0 Å². The number of anilines is 2. The fraction of sp³-hybridized carbons (Fsp3) is 0.118. The molecule has 3 heterocycles. The Kier molecular flexibility index (Phi) is 3.46. The first-order valence-electron chi connectivity index (χ1n) is 7.48. The van der Waals surface area contributed by atoms with Crippen LogP contribution in [-0.2, 0) is 7.05 Å². The van der Waals surface area contributed by atoms with Crippen molar-refractivity contribution in [2.45, 2.75) is 6.92 Å². The summed E-state index contributed by atoms with van der Waals surface area (Å²) in [7, 11) is 1.96. The van der Waals surface area contributed by atoms with Gasteiger partial charge in [0.15, 0.2) is 0 Å². The van der Waals surface area contributed by atoms with E-state index >= 15 is 0 Å². The Balaban J connectivity index is 1.85. The van der Waals surface area contributed by atoms with E-state index < -0.39 is 0 Å². The highest BCUT2D eigenvalue weighted by molar-refractivity contribution is 6.30. The molecular weight excluding hydrogens is 324 g/mol. The van der Waals surface area contributed by atoms with E-state index in [1.54, 1.807) is 4.68 Å². The minimum Gasteiger partial charge on any atom is -0.339 e. The molecule has 0 unspecified atom stereocenters. The Morgan fingerprint density at radius 3 is 2.50 bits per heavy atom. The van der Waals surface area contributed by atoms with E-state index in [2.05, 4.69) is 20.4 Å². The monoisotopic (exact) mass is 338 g/mol. The lowest BCUT2D eigenvalue weighted by atomic mass is 10.3. The van der Waals surface area contributed by atoms with Gasteiger partial charge in [0.2, 0.25) is 0 Å². The van der Waals surface area contributed by atoms with Crippen LogP contribution >= 0.6 is 11.6 Å². The standard InChI is InChI=1S/C17H15ClN6/c1-11-7-10-24(22-11)17-20-15(14-8-9-23(2)16(14)21-17)19-13-5-3-12(18)4-6-13/h3-10H,1-2H3,(H,19,20,21). The van der Waals surface area contributed by atoms with Crippen LogP contribution in [0.2, 0.25) is 5.02 Å². The zero-order valence-corrected chi connectivity index (χ0v) is 14.0. The van der Waals surface area contributed by atoms with E-state index in [0.29, 0.717) is 11.0 Å². The van der Waals surface area contributed by atoms with Crippen molar-refractivity contribution in [3.63, 3.8) is 0 Å². The number of fused-ring (bicyclic) bond motifs is 1. The third-order valence-electron chi connectivity index (χ3n) is 3.75. The predicted molar refractivity (Wildman–Crippen MR) is 95.1 cm³/mol. The maximum atomic E-state index is 5.95. The molecule has 0 atom stereocenters. The highest BCUT2D eigenvalue weighted by Crippen LogP contribution is 2.26. The maximum Gasteiger partial charge on any atom is 0.254 e. The summed E-state index contributed by atoms with van der Waals surface area (Å²) in [6, 6.07) is 11.4. The molecule has 0 spiro atoms. The summed E-state index contributed by atoms with van der Waals surface area (Å²) in [5.74, 6) is 1.25. The number of nitrogens with one attached hydrogen (secondary N) is 1. The molecule has 6 nitrogen and oxygen atoms in total. The van der Waals surface area contributed by atoms with E-state index in [9.17, 15) is 0 Å². The molecule has 4 aromatic rings. The zero-order chi connectivity index (χ0) is 16.7. The average molecular weight is 339 g/mol. The normalized spacial score (nSPS) is 11.1. The van der Waals surface area contributed by atoms with Crippen LogP contribution in [0, 0.1) is 6.92 Å². The minimum atomic E-state index is 0.522. The molecule has 0 radical (unpaired) electrons. The van der Waals surface area contributed by atoms with Crippen LogP contribution in [0.15, 0.2) is 48.8 Å². The van der Waals surface area contributed by atoms with Gasteiger partial charge in [-0.1, -0.05) is 11.6 Å². The summed E-state index contributed by atoms with van der Waals surface area (Å²) in [6.07, 6.45) is 3.82. The van der Waals surface area contributed by atoms with Gasteiger partial charge in [-0.3, -0.25) is 0 Å². The van der Waals surface area contributed by atoms with Gasteiger partial charge in [0.1, 0.15) is 11.5 Å². The Hall–Kier alpha value is -2.86. The molecule has 0 aliphatic heterocycles. The number of nitrogens with zero attached hydrogens (tertiary/aromatic N) is 5. The fourth-order valence-corrected chi connectivity index (χ4v) is 2.65. The van der Waals surface area contributed by atoms with Crippen molar-refractivity contribution in [1.82, 2.24) is 24.3 Å². The average Bonchev–Trinajstić information content (AvgIpc) is 3.16. The van der Waals surface area contributed by atoms with Crippen LogP contribution in [-0.4, -0.2) is 24.3 Å². The van der Waals surface area contributed by atoms with Crippen molar-refractivity contribution in [2.24, 2.45) is 7.05 Å². The Morgan fingerprint density at radius 1 is 1.00 bits per heavy atom. The molecule has 24 heavy (non-hydrogen) atoms. The molecule has 4 rings (SSSR count). The summed E-state index contributed by atoms with van der Waals surface area (Å²) in [5, 5.41) is 9.38. The zero-order valence-electron chi connectivity index (χ0n) is 13.2. The summed E-state index contributed by atoms with van der Waals surface area (Å²) in [6.45, 7) is 1.93. The van der Waals surface area contributed by atoms with Gasteiger partial charge in [-0.15, -0.1) is 0 Å². The topological polar surface area (TPSA) is 60.6 Å². The SMILES string of the molecule is Cc1ccn(-c2nc(Nc3ccc(Cl)cc3)c3ccn(C)c3n2)n1. The van der Waals surface area contributed by atoms with Crippen molar-refractivity contribution < 1.29 is 0 Å². The quantitative estimate of drug-likeness (QED) is 0.616. The van der Waals surface area contributed by atoms with Gasteiger partial charge in [0.05, 0.1) is 11.1 Å². The molecular formula is C17H15ClN6. The molecule has 0 saturated heterocycles. The fourth-order valence-electron chi connectivity index (χ4n) is 2.52. The predicted octanol–water partition coefficient (Wildman–Crippen LogP) is 3.86. The van der Waals surface area contributed by atoms with E-state index in [0.717, 1.165) is 28.2 Å². The number of hydrogen-bond donors (Lipinski definition) is 1. The Bertz CT molecular complexity index is 1020. The third-order valence-corrected chi connectivity index (χ3v) is 4.00. The van der Waals surface area contributed by atoms with E-state index in [1.807, 2.05) is 67.3 Å². The first-order valence-corrected chi connectivity index (χ1v) is 7.86. The van der Waals surface area contributed by atoms with Crippen LogP contribution in [0.3, 0.4) is 0 Å². The smallest absolute Gasteiger partial charge is 0.254 e. The van der Waals surface area contributed by atoms with Crippen molar-refractivity contribution in [3.8, 4) is 5.95 Å². The van der Waals surface area contributed by atoms with Crippen molar-refractivity contribution in [1.29, 1.82) is 0 Å². The van der Waals surface area contributed by atoms with Crippen molar-refractivity contribution in [3.05, 3.63) is 59.5 Å². The van der Waals surface area contributed by atoms with Crippen molar-refractivity contribution in [2.75, 3.05) is 5.32 Å². The second-order valence-electron chi connectivity index (χ2n) is 5.57. The maximum absolute atomic E-state index is 5.95. The van der Waals surface area contributed by atoms with Gasteiger partial charge in [-0.25, -0.2) is 4.68 Å². The number of halogens is 1. The molecule has 0 aliphatic rings. The highest BCUT2D eigenvalue weighted by Gasteiger charge is 2.12. The number of hydrogen-bond acceptors (Lipinski definition) is 4. The van der Waals surface area contributed by atoms with Crippen LogP contribution in [0.1, 0.15) is 5.69 Å². The van der Waals surface area contributed by atoms with E-state index in [-0.39, 0.29) is 0 Å². The van der Waals surface area contributed by atoms with Gasteiger partial charge in [-0.2, -0.15) is 15.1 Å². The van der Waals surface area contributed by atoms with Crippen LogP contribution in [0.25, 0.3) is 17.0 Å². The van der Waals surface area contributed by atoms with E-state index in [1.165, 1.54) is 0 Å². The molecule has 0 fully saturated rings. The highest BCUT2D eigenvalue weighted by atomic mass is 35.5. The van der Waals surface area contributed by atoms with Gasteiger partial charge in [0, 0.05) is 30.2 Å². The largest absolute Gasteiger partial charge is 0.339 e. The summed E-state index contributed by atoms with van der Waals surface area (Å²) in [5.41, 5.74) is 2.66. The van der Waals surface area contributed by atoms with Crippen LogP contribution in [0.4, 0.5) is 11.5 Å². The summed E-state index contributed by atoms with van der Waals surface area (Å²) in [4.78, 5) is 9.27. The molecule has 0 saturated carbocycles. The first-order chi connectivity index (χ1) is 11.6. The molecule has 120 valence electrons. The van der Waals surface area contributed by atoms with Crippen LogP contribution < -0.4 is 5.32 Å². The molecule has 1 N–H and O–H groups in total. The molecule has 3 aromatic heterocycles. The second-order valence-corrected chi connectivity index (χ2v) is 6.01. The van der Waals surface area contributed by atoms with Gasteiger partial charge in [0.25, 0.3) is 5.95 Å². The Labute approximate surface area is 143 Å². The summed E-state index contributed by atoms with van der Waals surface area (Å²) < 4.78 is 3.64. The molecule has 1 aromatic carbocycles. The van der Waals surface area contributed by atoms with Crippen molar-refractivity contribution >= 4 is 34.1 Å². The Morgan fingerprint density at radius 2 is 1.79 bits per heavy atom. The van der Waals surface area contributed by atoms with E-state index in [4.69, 9.17) is 11.6 Å². The molecule has 7 heteroatoms. The molecule has 0 bridgehead atoms. The van der Waals surface area contributed by atoms with Gasteiger partial charge in [-0.05, 0) is 43.3 Å².